The Morgan fingerprint density at radius 3 is 2.53 bits per heavy atom. The highest BCUT2D eigenvalue weighted by molar-refractivity contribution is 7.98. The zero-order valence-corrected chi connectivity index (χ0v) is 22.6. The molecular formula is C27H36F3N5O2S. The van der Waals surface area contributed by atoms with Crippen LogP contribution in [-0.4, -0.2) is 61.2 Å². The molecule has 1 fully saturated rings. The number of nitrogen functional groups attached to an aromatic ring is 1. The summed E-state index contributed by atoms with van der Waals surface area (Å²) in [6.07, 6.45) is 0.416. The molecule has 2 aromatic rings. The Hall–Kier alpha value is -2.76. The number of anilines is 1. The smallest absolute Gasteiger partial charge is 0.398 e. The summed E-state index contributed by atoms with van der Waals surface area (Å²) in [6.45, 7) is 4.95. The quantitative estimate of drug-likeness (QED) is 0.250. The number of nitrogens with zero attached hydrogens (tertiary/aromatic N) is 1. The summed E-state index contributed by atoms with van der Waals surface area (Å²) in [6, 6.07) is 10.7. The van der Waals surface area contributed by atoms with Crippen LogP contribution in [0, 0.1) is 0 Å². The number of nitrogens with one attached hydrogen (secondary N) is 3. The topological polar surface area (TPSA) is 99.5 Å². The second kappa shape index (κ2) is 13.9. The first-order valence-electron chi connectivity index (χ1n) is 12.7. The number of unbranched alkanes of at least 4 members (excludes halogenated alkanes) is 1. The van der Waals surface area contributed by atoms with Gasteiger partial charge in [0.2, 0.25) is 5.91 Å². The van der Waals surface area contributed by atoms with Crippen molar-refractivity contribution in [1.82, 2.24) is 20.9 Å². The average molecular weight is 552 g/mol. The van der Waals surface area contributed by atoms with Gasteiger partial charge in [0.15, 0.2) is 0 Å². The third-order valence-electron chi connectivity index (χ3n) is 6.63. The Morgan fingerprint density at radius 1 is 1.13 bits per heavy atom. The van der Waals surface area contributed by atoms with Crippen molar-refractivity contribution in [2.24, 2.45) is 0 Å². The fourth-order valence-corrected chi connectivity index (χ4v) is 4.84. The lowest BCUT2D eigenvalue weighted by Crippen LogP contribution is -2.60. The van der Waals surface area contributed by atoms with Gasteiger partial charge in [0, 0.05) is 29.7 Å². The van der Waals surface area contributed by atoms with Gasteiger partial charge in [-0.15, -0.1) is 11.8 Å². The van der Waals surface area contributed by atoms with Crippen molar-refractivity contribution in [3.63, 3.8) is 0 Å². The number of halogens is 3. The van der Waals surface area contributed by atoms with Crippen LogP contribution in [-0.2, 0) is 17.5 Å². The molecule has 1 aliphatic heterocycles. The van der Waals surface area contributed by atoms with Gasteiger partial charge >= 0.3 is 6.18 Å². The van der Waals surface area contributed by atoms with Crippen molar-refractivity contribution in [3.8, 4) is 0 Å². The van der Waals surface area contributed by atoms with Crippen LogP contribution in [0.5, 0.6) is 0 Å². The van der Waals surface area contributed by atoms with E-state index in [0.717, 1.165) is 50.0 Å². The molecule has 2 atom stereocenters. The zero-order chi connectivity index (χ0) is 27.7. The molecule has 0 radical (unpaired) electrons. The van der Waals surface area contributed by atoms with Gasteiger partial charge in [-0.3, -0.25) is 9.59 Å². The van der Waals surface area contributed by atoms with E-state index in [2.05, 4.69) is 52.0 Å². The van der Waals surface area contributed by atoms with Crippen LogP contribution in [0.15, 0.2) is 47.4 Å². The van der Waals surface area contributed by atoms with Crippen molar-refractivity contribution in [2.45, 2.75) is 55.9 Å². The van der Waals surface area contributed by atoms with E-state index in [1.54, 1.807) is 11.8 Å². The van der Waals surface area contributed by atoms with Crippen LogP contribution in [0.3, 0.4) is 0 Å². The molecule has 5 N–H and O–H groups in total. The van der Waals surface area contributed by atoms with E-state index in [1.807, 2.05) is 6.26 Å². The Kier molecular flexibility index (Phi) is 10.9. The molecular weight excluding hydrogens is 515 g/mol. The fourth-order valence-electron chi connectivity index (χ4n) is 4.43. The molecule has 11 heteroatoms. The summed E-state index contributed by atoms with van der Waals surface area (Å²) in [7, 11) is 0. The van der Waals surface area contributed by atoms with Crippen LogP contribution in [0.4, 0.5) is 18.9 Å². The molecule has 2 amide bonds. The molecule has 1 heterocycles. The second-order valence-electron chi connectivity index (χ2n) is 9.43. The normalized spacial score (nSPS) is 18.2. The van der Waals surface area contributed by atoms with Crippen LogP contribution in [0.1, 0.15) is 47.7 Å². The van der Waals surface area contributed by atoms with Gasteiger partial charge < -0.3 is 26.6 Å². The number of rotatable bonds is 11. The minimum absolute atomic E-state index is 0.0341. The molecule has 3 rings (SSSR count). The number of hydrogen-bond donors (Lipinski definition) is 4. The van der Waals surface area contributed by atoms with E-state index in [9.17, 15) is 22.8 Å². The Bertz CT molecular complexity index is 1080. The van der Waals surface area contributed by atoms with Gasteiger partial charge in [-0.2, -0.15) is 13.2 Å². The Morgan fingerprint density at radius 2 is 1.87 bits per heavy atom. The van der Waals surface area contributed by atoms with Gasteiger partial charge in [0.05, 0.1) is 23.7 Å². The maximum absolute atomic E-state index is 13.0. The molecule has 38 heavy (non-hydrogen) atoms. The summed E-state index contributed by atoms with van der Waals surface area (Å²) >= 11 is 1.68. The number of carbonyl (C=O) groups excluding carboxylic acids is 2. The van der Waals surface area contributed by atoms with Crippen molar-refractivity contribution >= 4 is 29.3 Å². The SMILES string of the molecule is CCCCN1CC[C@@H](NCc2ccc(SC)cc2)[C@@H](NC(=O)CNC(=O)c2cc(C(F)(F)F)ccc2N)C1. The number of nitrogens with two attached hydrogens (primary N) is 1. The minimum Gasteiger partial charge on any atom is -0.398 e. The predicted molar refractivity (Wildman–Crippen MR) is 145 cm³/mol. The number of benzene rings is 2. The number of likely N-dealkylation sites (tertiary alicyclic amines) is 1. The largest absolute Gasteiger partial charge is 0.416 e. The summed E-state index contributed by atoms with van der Waals surface area (Å²) in [5, 5.41) is 8.98. The van der Waals surface area contributed by atoms with E-state index in [0.29, 0.717) is 19.2 Å². The lowest BCUT2D eigenvalue weighted by Gasteiger charge is -2.39. The van der Waals surface area contributed by atoms with E-state index in [-0.39, 0.29) is 29.9 Å². The monoisotopic (exact) mass is 551 g/mol. The van der Waals surface area contributed by atoms with Crippen molar-refractivity contribution in [3.05, 3.63) is 59.2 Å². The van der Waals surface area contributed by atoms with Gasteiger partial charge in [-0.05, 0) is 68.1 Å². The molecule has 2 aromatic carbocycles. The molecule has 7 nitrogen and oxygen atoms in total. The maximum atomic E-state index is 13.0. The third-order valence-corrected chi connectivity index (χ3v) is 7.38. The van der Waals surface area contributed by atoms with Crippen LogP contribution >= 0.6 is 11.8 Å². The summed E-state index contributed by atoms with van der Waals surface area (Å²) < 4.78 is 39.1. The second-order valence-corrected chi connectivity index (χ2v) is 10.3. The summed E-state index contributed by atoms with van der Waals surface area (Å²) in [4.78, 5) is 28.8. The first-order valence-corrected chi connectivity index (χ1v) is 14.0. The van der Waals surface area contributed by atoms with Gasteiger partial charge in [-0.25, -0.2) is 0 Å². The highest BCUT2D eigenvalue weighted by atomic mass is 32.2. The third kappa shape index (κ3) is 8.64. The van der Waals surface area contributed by atoms with Gasteiger partial charge in [-0.1, -0.05) is 25.5 Å². The van der Waals surface area contributed by atoms with E-state index < -0.39 is 23.6 Å². The van der Waals surface area contributed by atoms with E-state index in [1.165, 1.54) is 4.90 Å². The van der Waals surface area contributed by atoms with E-state index in [4.69, 9.17) is 5.73 Å². The van der Waals surface area contributed by atoms with E-state index >= 15 is 0 Å². The van der Waals surface area contributed by atoms with Crippen molar-refractivity contribution in [2.75, 3.05) is 38.2 Å². The molecule has 208 valence electrons. The number of alkyl halides is 3. The lowest BCUT2D eigenvalue weighted by atomic mass is 9.98. The number of thioether (sulfide) groups is 1. The summed E-state index contributed by atoms with van der Waals surface area (Å²) in [5.74, 6) is -1.25. The average Bonchev–Trinajstić information content (AvgIpc) is 2.90. The molecule has 0 aromatic heterocycles. The van der Waals surface area contributed by atoms with Gasteiger partial charge in [0.25, 0.3) is 5.91 Å². The van der Waals surface area contributed by atoms with Crippen molar-refractivity contribution < 1.29 is 22.8 Å². The Labute approximate surface area is 226 Å². The first kappa shape index (κ1) is 29.8. The Balaban J connectivity index is 1.60. The van der Waals surface area contributed by atoms with Crippen molar-refractivity contribution in [1.29, 1.82) is 0 Å². The highest BCUT2D eigenvalue weighted by Gasteiger charge is 2.32. The lowest BCUT2D eigenvalue weighted by molar-refractivity contribution is -0.137. The zero-order valence-electron chi connectivity index (χ0n) is 21.7. The number of carbonyl (C=O) groups is 2. The molecule has 0 unspecified atom stereocenters. The molecule has 0 bridgehead atoms. The van der Waals surface area contributed by atoms with Crippen LogP contribution in [0.2, 0.25) is 0 Å². The maximum Gasteiger partial charge on any atom is 0.416 e. The van der Waals surface area contributed by atoms with Crippen LogP contribution < -0.4 is 21.7 Å². The molecule has 1 aliphatic rings. The number of amides is 2. The number of piperidine rings is 1. The molecule has 0 saturated carbocycles. The predicted octanol–water partition coefficient (Wildman–Crippen LogP) is 3.89. The highest BCUT2D eigenvalue weighted by Crippen LogP contribution is 2.31. The number of hydrogen-bond acceptors (Lipinski definition) is 6. The molecule has 0 spiro atoms. The standard InChI is InChI=1S/C27H36F3N5O2S/c1-3-4-12-35-13-11-23(32-15-18-5-8-20(38-2)9-6-18)24(17-35)34-25(36)16-33-26(37)21-14-19(27(28,29)30)7-10-22(21)31/h5-10,14,23-24,32H,3-4,11-13,15-17,31H2,1-2H3,(H,33,37)(H,34,36)/t23-,24+/m1/s1. The fraction of sp³-hybridized carbons (Fsp3) is 0.481. The van der Waals surface area contributed by atoms with Crippen LogP contribution in [0.25, 0.3) is 0 Å². The molecule has 1 saturated heterocycles. The summed E-state index contributed by atoms with van der Waals surface area (Å²) in [5.41, 5.74) is 5.47. The molecule has 0 aliphatic carbocycles. The minimum atomic E-state index is -4.61. The van der Waals surface area contributed by atoms with Gasteiger partial charge in [0.1, 0.15) is 0 Å². The first-order chi connectivity index (χ1) is 18.1.